The molecule has 0 spiro atoms. The molecule has 0 saturated heterocycles. The molecule has 2 fully saturated rings. The van der Waals surface area contributed by atoms with Gasteiger partial charge in [0.25, 0.3) is 0 Å². The minimum atomic E-state index is -3.67. The Balaban J connectivity index is 1.54. The number of nitrogens with one attached hydrogen (secondary N) is 3. The van der Waals surface area contributed by atoms with Crippen LogP contribution in [0.25, 0.3) is 22.2 Å². The Bertz CT molecular complexity index is 1430. The van der Waals surface area contributed by atoms with Crippen molar-refractivity contribution >= 4 is 38.5 Å². The molecule has 1 amide bonds. The largest absolute Gasteiger partial charge is 0.346 e. The number of aromatic amines is 1. The summed E-state index contributed by atoms with van der Waals surface area (Å²) in [6.07, 6.45) is 6.16. The molecule has 0 radical (unpaired) electrons. The Morgan fingerprint density at radius 1 is 1.20 bits per heavy atom. The maximum atomic E-state index is 12.9. The normalized spacial score (nSPS) is 16.6. The van der Waals surface area contributed by atoms with E-state index in [-0.39, 0.29) is 17.6 Å². The first-order chi connectivity index (χ1) is 16.8. The second-order valence-electron chi connectivity index (χ2n) is 9.69. The number of H-pyrrole nitrogens is 1. The van der Waals surface area contributed by atoms with Crippen molar-refractivity contribution in [3.05, 3.63) is 41.6 Å². The number of hydrogen-bond donors (Lipinski definition) is 3. The number of carbonyl (C=O) groups excluding carboxylic acids is 1. The van der Waals surface area contributed by atoms with Crippen molar-refractivity contribution in [3.8, 4) is 17.2 Å². The van der Waals surface area contributed by atoms with E-state index in [4.69, 9.17) is 0 Å². The van der Waals surface area contributed by atoms with Gasteiger partial charge in [0, 0.05) is 17.5 Å². The Labute approximate surface area is 205 Å². The third-order valence-electron chi connectivity index (χ3n) is 6.92. The van der Waals surface area contributed by atoms with Gasteiger partial charge in [0.2, 0.25) is 15.9 Å². The molecule has 0 bridgehead atoms. The molecule has 9 heteroatoms. The molecule has 3 N–H and O–H groups in total. The fraction of sp³-hybridized carbons (Fsp3) is 0.423. The number of fused-ring (bicyclic) bond motifs is 1. The first-order valence-corrected chi connectivity index (χ1v) is 13.8. The number of hydrogen-bond acceptors (Lipinski definition) is 5. The highest BCUT2D eigenvalue weighted by molar-refractivity contribution is 7.92. The molecule has 0 unspecified atom stereocenters. The van der Waals surface area contributed by atoms with E-state index in [0.717, 1.165) is 40.5 Å². The van der Waals surface area contributed by atoms with Crippen LogP contribution in [0.1, 0.15) is 50.7 Å². The Hall–Kier alpha value is -3.38. The number of sulfonamides is 1. The molecule has 2 aliphatic carbocycles. The summed E-state index contributed by atoms with van der Waals surface area (Å²) in [6, 6.07) is 10.0. The van der Waals surface area contributed by atoms with Crippen LogP contribution in [0.4, 0.5) is 11.5 Å². The number of benzene rings is 1. The van der Waals surface area contributed by atoms with E-state index >= 15 is 0 Å². The quantitative estimate of drug-likeness (QED) is 0.398. The minimum Gasteiger partial charge on any atom is -0.346 e. The predicted octanol–water partition coefficient (Wildman–Crippen LogP) is 4.75. The van der Waals surface area contributed by atoms with E-state index < -0.39 is 15.4 Å². The molecular weight excluding hydrogens is 462 g/mol. The zero-order chi connectivity index (χ0) is 24.8. The number of aryl methyl sites for hydroxylation is 2. The van der Waals surface area contributed by atoms with Gasteiger partial charge in [0.1, 0.15) is 11.5 Å². The zero-order valence-corrected chi connectivity index (χ0v) is 20.8. The van der Waals surface area contributed by atoms with Gasteiger partial charge < -0.3 is 10.3 Å². The minimum absolute atomic E-state index is 0.00610. The summed E-state index contributed by atoms with van der Waals surface area (Å²) in [7, 11) is -3.67. The van der Waals surface area contributed by atoms with E-state index in [1.807, 2.05) is 44.3 Å². The fourth-order valence-electron chi connectivity index (χ4n) is 4.52. The first-order valence-electron chi connectivity index (χ1n) is 12.1. The molecule has 2 aromatic heterocycles. The van der Waals surface area contributed by atoms with Crippen molar-refractivity contribution in [1.82, 2.24) is 9.97 Å². The highest BCUT2D eigenvalue weighted by Crippen LogP contribution is 2.46. The Morgan fingerprint density at radius 2 is 1.89 bits per heavy atom. The zero-order valence-electron chi connectivity index (χ0n) is 19.9. The van der Waals surface area contributed by atoms with Gasteiger partial charge in [-0.1, -0.05) is 13.8 Å². The lowest BCUT2D eigenvalue weighted by molar-refractivity contribution is -0.117. The first kappa shape index (κ1) is 23.4. The molecular formula is C26H29N5O3S. The Morgan fingerprint density at radius 3 is 2.46 bits per heavy atom. The number of carbonyl (C=O) groups is 1. The maximum absolute atomic E-state index is 12.9. The van der Waals surface area contributed by atoms with Crippen molar-refractivity contribution in [3.63, 3.8) is 0 Å². The summed E-state index contributed by atoms with van der Waals surface area (Å²) in [5.74, 6) is 0.386. The number of amides is 1. The second-order valence-corrected chi connectivity index (χ2v) is 11.4. The molecule has 3 aromatic rings. The van der Waals surface area contributed by atoms with Crippen LogP contribution in [0.3, 0.4) is 0 Å². The van der Waals surface area contributed by atoms with Crippen LogP contribution in [0.5, 0.6) is 0 Å². The standard InChI is InChI=1S/C26H29N5O3S/c1-3-16-11-19(12-17(4-2)23(16)31-35(33,34)15-26(14-27)8-9-26)21-13-22(30-25(32)18-5-6-18)29-24-20(21)7-10-28-24/h7,10-13,18,31H,3-6,8-9,15H2,1-2H3,(H2,28,29,30,32). The number of anilines is 2. The molecule has 0 atom stereocenters. The third-order valence-corrected chi connectivity index (χ3v) is 8.36. The van der Waals surface area contributed by atoms with Crippen molar-refractivity contribution < 1.29 is 13.2 Å². The summed E-state index contributed by atoms with van der Waals surface area (Å²) in [5, 5.41) is 13.2. The number of nitrogens with zero attached hydrogens (tertiary/aromatic N) is 2. The number of nitriles is 1. The van der Waals surface area contributed by atoms with E-state index in [2.05, 4.69) is 26.1 Å². The van der Waals surface area contributed by atoms with Crippen molar-refractivity contribution in [2.45, 2.75) is 52.4 Å². The summed E-state index contributed by atoms with van der Waals surface area (Å²) < 4.78 is 28.7. The monoisotopic (exact) mass is 491 g/mol. The Kier molecular flexibility index (Phi) is 5.80. The highest BCUT2D eigenvalue weighted by Gasteiger charge is 2.47. The third kappa shape index (κ3) is 4.76. The van der Waals surface area contributed by atoms with E-state index in [1.54, 1.807) is 0 Å². The van der Waals surface area contributed by atoms with Crippen LogP contribution in [0.15, 0.2) is 30.5 Å². The van der Waals surface area contributed by atoms with Gasteiger partial charge in [-0.2, -0.15) is 5.26 Å². The lowest BCUT2D eigenvalue weighted by atomic mass is 9.94. The van der Waals surface area contributed by atoms with Gasteiger partial charge in [0.05, 0.1) is 22.9 Å². The summed E-state index contributed by atoms with van der Waals surface area (Å²) in [5.41, 5.74) is 4.16. The van der Waals surface area contributed by atoms with Crippen molar-refractivity contribution in [1.29, 1.82) is 5.26 Å². The van der Waals surface area contributed by atoms with Crippen LogP contribution >= 0.6 is 0 Å². The van der Waals surface area contributed by atoms with Crippen LogP contribution in [0.2, 0.25) is 0 Å². The lowest BCUT2D eigenvalue weighted by Crippen LogP contribution is -2.24. The van der Waals surface area contributed by atoms with Gasteiger partial charge in [-0.05, 0) is 85.0 Å². The average Bonchev–Trinajstić information content (AvgIpc) is 3.76. The highest BCUT2D eigenvalue weighted by atomic mass is 32.2. The number of rotatable bonds is 9. The van der Waals surface area contributed by atoms with E-state index in [0.29, 0.717) is 42.8 Å². The SMILES string of the molecule is CCc1cc(-c2cc(NC(=O)C3CC3)nc3[nH]ccc23)cc(CC)c1NS(=O)(=O)CC1(C#N)CC1. The molecule has 2 saturated carbocycles. The van der Waals surface area contributed by atoms with Crippen LogP contribution in [-0.2, 0) is 27.7 Å². The summed E-state index contributed by atoms with van der Waals surface area (Å²) in [6.45, 7) is 3.99. The molecule has 2 aliphatic rings. The topological polar surface area (TPSA) is 128 Å². The molecule has 182 valence electrons. The smallest absolute Gasteiger partial charge is 0.234 e. The van der Waals surface area contributed by atoms with Gasteiger partial charge in [-0.15, -0.1) is 0 Å². The van der Waals surface area contributed by atoms with Crippen LogP contribution < -0.4 is 10.0 Å². The molecule has 1 aromatic carbocycles. The lowest BCUT2D eigenvalue weighted by Gasteiger charge is -2.19. The summed E-state index contributed by atoms with van der Waals surface area (Å²) >= 11 is 0. The molecule has 2 heterocycles. The van der Waals surface area contributed by atoms with E-state index in [9.17, 15) is 18.5 Å². The summed E-state index contributed by atoms with van der Waals surface area (Å²) in [4.78, 5) is 20.1. The van der Waals surface area contributed by atoms with Crippen molar-refractivity contribution in [2.75, 3.05) is 15.8 Å². The van der Waals surface area contributed by atoms with Crippen LogP contribution in [0, 0.1) is 22.7 Å². The van der Waals surface area contributed by atoms with Crippen LogP contribution in [-0.4, -0.2) is 30.0 Å². The average molecular weight is 492 g/mol. The number of pyridine rings is 1. The molecule has 0 aliphatic heterocycles. The molecule has 35 heavy (non-hydrogen) atoms. The molecule has 8 nitrogen and oxygen atoms in total. The molecule has 5 rings (SSSR count). The van der Waals surface area contributed by atoms with Gasteiger partial charge >= 0.3 is 0 Å². The van der Waals surface area contributed by atoms with Crippen molar-refractivity contribution in [2.24, 2.45) is 11.3 Å². The second kappa shape index (κ2) is 8.68. The fourth-order valence-corrected chi connectivity index (χ4v) is 6.25. The predicted molar refractivity (Wildman–Crippen MR) is 136 cm³/mol. The van der Waals surface area contributed by atoms with Gasteiger partial charge in [-0.25, -0.2) is 13.4 Å². The van der Waals surface area contributed by atoms with Gasteiger partial charge in [0.15, 0.2) is 0 Å². The van der Waals surface area contributed by atoms with E-state index in [1.165, 1.54) is 0 Å². The number of aromatic nitrogens is 2. The maximum Gasteiger partial charge on any atom is 0.234 e. The van der Waals surface area contributed by atoms with Gasteiger partial charge in [-0.3, -0.25) is 9.52 Å².